The molecule has 0 aliphatic heterocycles. The van der Waals surface area contributed by atoms with Crippen molar-refractivity contribution in [1.29, 1.82) is 0 Å². The third-order valence-electron chi connectivity index (χ3n) is 2.79. The van der Waals surface area contributed by atoms with E-state index in [9.17, 15) is 0 Å². The van der Waals surface area contributed by atoms with Crippen LogP contribution in [0.4, 0.5) is 0 Å². The van der Waals surface area contributed by atoms with Gasteiger partial charge in [0.2, 0.25) is 0 Å². The van der Waals surface area contributed by atoms with Crippen LogP contribution in [0, 0.1) is 0 Å². The summed E-state index contributed by atoms with van der Waals surface area (Å²) in [5.74, 6) is 0. The van der Waals surface area contributed by atoms with Crippen LogP contribution in [0.2, 0.25) is 0 Å². The topological polar surface area (TPSA) is 69.9 Å². The van der Waals surface area contributed by atoms with Crippen molar-refractivity contribution in [3.8, 4) is 0 Å². The van der Waals surface area contributed by atoms with E-state index in [4.69, 9.17) is 14.4 Å². The van der Waals surface area contributed by atoms with Crippen LogP contribution in [-0.4, -0.2) is 30.0 Å². The predicted octanol–water partition coefficient (Wildman–Crippen LogP) is -0.547. The van der Waals surface area contributed by atoms with Crippen LogP contribution in [0.25, 0.3) is 0 Å². The molecule has 0 aliphatic carbocycles. The minimum absolute atomic E-state index is 0. The molecule has 0 aliphatic rings. The van der Waals surface area contributed by atoms with Crippen LogP contribution < -0.4 is 29.6 Å². The Labute approximate surface area is 136 Å². The summed E-state index contributed by atoms with van der Waals surface area (Å²) in [6, 6.07) is 0. The fraction of sp³-hybridized carbons (Fsp3) is 1.00. The van der Waals surface area contributed by atoms with Crippen molar-refractivity contribution in [2.45, 2.75) is 71.1 Å². The Bertz CT molecular complexity index is 170. The average molecular weight is 288 g/mol. The second kappa shape index (κ2) is 14.5. The summed E-state index contributed by atoms with van der Waals surface area (Å²) >= 11 is 0. The molecule has 0 heterocycles. The molecule has 0 rings (SSSR count). The number of rotatable bonds is 12. The van der Waals surface area contributed by atoms with E-state index >= 15 is 0 Å². The molecule has 0 unspecified atom stereocenters. The van der Waals surface area contributed by atoms with Gasteiger partial charge in [0.15, 0.2) is 0 Å². The molecule has 18 heavy (non-hydrogen) atoms. The Morgan fingerprint density at radius 2 is 1.17 bits per heavy atom. The summed E-state index contributed by atoms with van der Waals surface area (Å²) in [4.78, 5) is 25.8. The van der Waals surface area contributed by atoms with Gasteiger partial charge in [0, 0.05) is 6.61 Å². The molecule has 0 radical (unpaired) electrons. The first-order valence-electron chi connectivity index (χ1n) is 6.87. The number of unbranched alkanes of at least 4 members (excludes halogenated alkanes) is 9. The predicted molar refractivity (Wildman–Crippen MR) is 71.3 cm³/mol. The Balaban J connectivity index is -0.00000128. The summed E-state index contributed by atoms with van der Waals surface area (Å²) in [6.45, 7) is 2.47. The van der Waals surface area contributed by atoms with Gasteiger partial charge in [0.05, 0.1) is 0 Å². The maximum absolute atomic E-state index is 8.59. The van der Waals surface area contributed by atoms with Crippen molar-refractivity contribution in [3.63, 3.8) is 0 Å². The molecule has 0 saturated heterocycles. The van der Waals surface area contributed by atoms with Gasteiger partial charge in [-0.15, -0.1) is 0 Å². The molecule has 0 bridgehead atoms. The van der Waals surface area contributed by atoms with E-state index in [1.54, 1.807) is 0 Å². The number of hydrogen-bond donors (Lipinski definition) is 3. The van der Waals surface area contributed by atoms with Crippen molar-refractivity contribution >= 4 is 9.05 Å². The van der Waals surface area contributed by atoms with Crippen LogP contribution in [-0.2, 0) is 4.43 Å². The molecule has 0 saturated carbocycles. The molecule has 3 N–H and O–H groups in total. The van der Waals surface area contributed by atoms with E-state index in [1.165, 1.54) is 44.9 Å². The zero-order valence-electron chi connectivity index (χ0n) is 13.0. The molecule has 6 heteroatoms. The van der Waals surface area contributed by atoms with Gasteiger partial charge in [-0.2, -0.15) is 0 Å². The molecular weight excluding hydrogens is 259 g/mol. The smallest absolute Gasteiger partial charge is 1.00 e. The molecule has 0 aromatic rings. The van der Waals surface area contributed by atoms with E-state index < -0.39 is 9.05 Å². The van der Waals surface area contributed by atoms with Crippen molar-refractivity contribution in [3.05, 3.63) is 0 Å². The maximum atomic E-state index is 8.59. The van der Waals surface area contributed by atoms with Gasteiger partial charge in [-0.3, -0.25) is 0 Å². The fourth-order valence-electron chi connectivity index (χ4n) is 1.80. The minimum atomic E-state index is -4.25. The molecule has 0 amide bonds. The minimum Gasteiger partial charge on any atom is -1.00 e. The monoisotopic (exact) mass is 288 g/mol. The van der Waals surface area contributed by atoms with Crippen LogP contribution in [0.15, 0.2) is 0 Å². The zero-order chi connectivity index (χ0) is 13.0. The van der Waals surface area contributed by atoms with Crippen molar-refractivity contribution in [1.82, 2.24) is 0 Å². The Kier molecular flexibility index (Phi) is 17.2. The van der Waals surface area contributed by atoms with Gasteiger partial charge < -0.3 is 20.2 Å². The maximum Gasteiger partial charge on any atom is 1.00 e. The summed E-state index contributed by atoms with van der Waals surface area (Å²) in [6.07, 6.45) is 12.2. The largest absolute Gasteiger partial charge is 1.00 e. The summed E-state index contributed by atoms with van der Waals surface area (Å²) in [5.41, 5.74) is 0. The molecule has 0 spiro atoms. The first kappa shape index (κ1) is 21.4. The van der Waals surface area contributed by atoms with Gasteiger partial charge in [0.1, 0.15) is 0 Å². The van der Waals surface area contributed by atoms with Crippen molar-refractivity contribution < 1.29 is 49.8 Å². The quantitative estimate of drug-likeness (QED) is 0.333. The molecular formula is C12H29NaO4Si. The standard InChI is InChI=1S/C12H28O4Si.Na.H/c1-2-3-4-5-6-7-8-9-10-11-12-16-17(13,14)15;;/h13-15H,2-12H2,1H3;;/q;+1;-1. The van der Waals surface area contributed by atoms with Crippen LogP contribution in [0.3, 0.4) is 0 Å². The molecule has 0 atom stereocenters. The van der Waals surface area contributed by atoms with Crippen molar-refractivity contribution in [2.75, 3.05) is 6.61 Å². The molecule has 4 nitrogen and oxygen atoms in total. The first-order valence-corrected chi connectivity index (χ1v) is 8.62. The van der Waals surface area contributed by atoms with Crippen LogP contribution in [0.5, 0.6) is 0 Å². The second-order valence-corrected chi connectivity index (χ2v) is 6.04. The Morgan fingerprint density at radius 3 is 1.56 bits per heavy atom. The second-order valence-electron chi connectivity index (χ2n) is 4.60. The Morgan fingerprint density at radius 1 is 0.778 bits per heavy atom. The molecule has 0 aromatic carbocycles. The summed E-state index contributed by atoms with van der Waals surface area (Å²) in [7, 11) is -4.25. The summed E-state index contributed by atoms with van der Waals surface area (Å²) < 4.78 is 4.51. The van der Waals surface area contributed by atoms with Gasteiger partial charge in [-0.05, 0) is 6.42 Å². The third-order valence-corrected chi connectivity index (χ3v) is 3.39. The van der Waals surface area contributed by atoms with Gasteiger partial charge in [0.25, 0.3) is 0 Å². The van der Waals surface area contributed by atoms with Crippen LogP contribution >= 0.6 is 0 Å². The molecule has 0 aromatic heterocycles. The van der Waals surface area contributed by atoms with E-state index in [0.29, 0.717) is 0 Å². The van der Waals surface area contributed by atoms with E-state index in [-0.39, 0.29) is 37.6 Å². The molecule has 0 fully saturated rings. The zero-order valence-corrected chi connectivity index (χ0v) is 15.0. The van der Waals surface area contributed by atoms with Crippen molar-refractivity contribution in [2.24, 2.45) is 0 Å². The van der Waals surface area contributed by atoms with Gasteiger partial charge in [-0.1, -0.05) is 64.7 Å². The Hall–Kier alpha value is 1.06. The van der Waals surface area contributed by atoms with E-state index in [2.05, 4.69) is 11.3 Å². The van der Waals surface area contributed by atoms with Crippen LogP contribution in [0.1, 0.15) is 72.6 Å². The normalized spacial score (nSPS) is 11.3. The van der Waals surface area contributed by atoms with Gasteiger partial charge in [-0.25, -0.2) is 0 Å². The SMILES string of the molecule is CCCCCCCCCCCCO[Si](O)(O)O.[H-].[Na+]. The fourth-order valence-corrected chi connectivity index (χ4v) is 2.22. The number of hydrogen-bond acceptors (Lipinski definition) is 4. The van der Waals surface area contributed by atoms with E-state index in [0.717, 1.165) is 19.3 Å². The van der Waals surface area contributed by atoms with Gasteiger partial charge >= 0.3 is 38.6 Å². The average Bonchev–Trinajstić information content (AvgIpc) is 2.24. The first-order chi connectivity index (χ1) is 8.06. The summed E-state index contributed by atoms with van der Waals surface area (Å²) in [5, 5.41) is 0. The third kappa shape index (κ3) is 19.4. The van der Waals surface area contributed by atoms with E-state index in [1.807, 2.05) is 0 Å². The molecule has 106 valence electrons.